The van der Waals surface area contributed by atoms with E-state index >= 15 is 0 Å². The van der Waals surface area contributed by atoms with Crippen molar-refractivity contribution in [1.82, 2.24) is 4.90 Å². The number of hydrogen-bond acceptors (Lipinski definition) is 4. The van der Waals surface area contributed by atoms with E-state index in [1.807, 2.05) is 31.2 Å². The predicted octanol–water partition coefficient (Wildman–Crippen LogP) is 5.75. The second-order valence-electron chi connectivity index (χ2n) is 9.71. The Bertz CT molecular complexity index is 625. The van der Waals surface area contributed by atoms with Crippen LogP contribution in [0.2, 0.25) is 0 Å². The fourth-order valence-corrected chi connectivity index (χ4v) is 4.58. The summed E-state index contributed by atoms with van der Waals surface area (Å²) in [6.07, 6.45) is 6.72. The highest BCUT2D eigenvalue weighted by Gasteiger charge is 2.40. The molecule has 1 saturated heterocycles. The van der Waals surface area contributed by atoms with Crippen molar-refractivity contribution in [3.8, 4) is 5.75 Å². The van der Waals surface area contributed by atoms with Crippen LogP contribution in [0.1, 0.15) is 73.1 Å². The second kappa shape index (κ2) is 13.1. The standard InChI is InChI=1S/C26H44N2O3/c1-6-31-26(19-21(2)3,20-22(4)5)25(29)27-23-11-13-24(14-12-23)30-18-17-28-15-9-7-8-10-16-28/h11-14,21-22H,6-10,15-20H2,1-5H3,(H,27,29). The van der Waals surface area contributed by atoms with Gasteiger partial charge in [0.05, 0.1) is 0 Å². The molecule has 176 valence electrons. The van der Waals surface area contributed by atoms with Gasteiger partial charge in [0.2, 0.25) is 0 Å². The molecule has 5 nitrogen and oxygen atoms in total. The highest BCUT2D eigenvalue weighted by Crippen LogP contribution is 2.31. The Morgan fingerprint density at radius 1 is 1.00 bits per heavy atom. The Labute approximate surface area is 189 Å². The van der Waals surface area contributed by atoms with Crippen molar-refractivity contribution < 1.29 is 14.3 Å². The van der Waals surface area contributed by atoms with Gasteiger partial charge in [-0.15, -0.1) is 0 Å². The van der Waals surface area contributed by atoms with E-state index in [0.29, 0.717) is 37.9 Å². The van der Waals surface area contributed by atoms with E-state index in [-0.39, 0.29) is 5.91 Å². The first-order valence-corrected chi connectivity index (χ1v) is 12.2. The minimum absolute atomic E-state index is 0.0495. The van der Waals surface area contributed by atoms with E-state index in [2.05, 4.69) is 37.9 Å². The molecule has 2 rings (SSSR count). The summed E-state index contributed by atoms with van der Waals surface area (Å²) in [5.74, 6) is 1.53. The number of carbonyl (C=O) groups excluding carboxylic acids is 1. The molecule has 0 spiro atoms. The van der Waals surface area contributed by atoms with Gasteiger partial charge in [-0.1, -0.05) is 40.5 Å². The van der Waals surface area contributed by atoms with Crippen LogP contribution in [0.15, 0.2) is 24.3 Å². The lowest BCUT2D eigenvalue weighted by Gasteiger charge is -2.35. The predicted molar refractivity (Wildman–Crippen MR) is 129 cm³/mol. The van der Waals surface area contributed by atoms with Gasteiger partial charge < -0.3 is 14.8 Å². The number of ether oxygens (including phenoxy) is 2. The van der Waals surface area contributed by atoms with E-state index in [1.165, 1.54) is 38.8 Å². The molecule has 1 fully saturated rings. The smallest absolute Gasteiger partial charge is 0.256 e. The molecule has 1 aliphatic heterocycles. The Kier molecular flexibility index (Phi) is 10.8. The Balaban J connectivity index is 1.93. The quantitative estimate of drug-likeness (QED) is 0.457. The zero-order valence-corrected chi connectivity index (χ0v) is 20.4. The third kappa shape index (κ3) is 8.82. The van der Waals surface area contributed by atoms with Gasteiger partial charge in [-0.25, -0.2) is 0 Å². The zero-order chi connectivity index (χ0) is 22.7. The van der Waals surface area contributed by atoms with Crippen molar-refractivity contribution in [2.24, 2.45) is 11.8 Å². The highest BCUT2D eigenvalue weighted by atomic mass is 16.5. The number of nitrogens with zero attached hydrogens (tertiary/aromatic N) is 1. The number of carbonyl (C=O) groups is 1. The molecule has 31 heavy (non-hydrogen) atoms. The van der Waals surface area contributed by atoms with Crippen molar-refractivity contribution in [2.45, 2.75) is 78.7 Å². The SMILES string of the molecule is CCOC(CC(C)C)(CC(C)C)C(=O)Nc1ccc(OCCN2CCCCCC2)cc1. The molecular weight excluding hydrogens is 388 g/mol. The Morgan fingerprint density at radius 2 is 1.58 bits per heavy atom. The molecular formula is C26H44N2O3. The number of anilines is 1. The summed E-state index contributed by atoms with van der Waals surface area (Å²) in [5.41, 5.74) is -0.0131. The van der Waals surface area contributed by atoms with Crippen molar-refractivity contribution in [2.75, 3.05) is 38.2 Å². The van der Waals surface area contributed by atoms with Gasteiger partial charge in [0.25, 0.3) is 5.91 Å². The number of hydrogen-bond donors (Lipinski definition) is 1. The van der Waals surface area contributed by atoms with E-state index in [1.54, 1.807) is 0 Å². The summed E-state index contributed by atoms with van der Waals surface area (Å²) < 4.78 is 12.0. The fraction of sp³-hybridized carbons (Fsp3) is 0.731. The first-order chi connectivity index (χ1) is 14.8. The maximum atomic E-state index is 13.3. The third-order valence-corrected chi connectivity index (χ3v) is 5.80. The van der Waals surface area contributed by atoms with E-state index in [4.69, 9.17) is 9.47 Å². The first kappa shape index (κ1) is 25.7. The lowest BCUT2D eigenvalue weighted by molar-refractivity contribution is -0.146. The van der Waals surface area contributed by atoms with Crippen molar-refractivity contribution in [3.05, 3.63) is 24.3 Å². The van der Waals surface area contributed by atoms with Gasteiger partial charge in [-0.2, -0.15) is 0 Å². The monoisotopic (exact) mass is 432 g/mol. The average Bonchev–Trinajstić information content (AvgIpc) is 2.97. The van der Waals surface area contributed by atoms with Crippen molar-refractivity contribution in [1.29, 1.82) is 0 Å². The van der Waals surface area contributed by atoms with Crippen LogP contribution in [0.25, 0.3) is 0 Å². The molecule has 1 aromatic rings. The molecule has 1 aliphatic rings. The minimum atomic E-state index is -0.792. The van der Waals surface area contributed by atoms with Crippen LogP contribution in [0, 0.1) is 11.8 Å². The first-order valence-electron chi connectivity index (χ1n) is 12.2. The number of benzene rings is 1. The molecule has 0 bridgehead atoms. The number of amides is 1. The molecule has 0 atom stereocenters. The topological polar surface area (TPSA) is 50.8 Å². The van der Waals surface area contributed by atoms with E-state index < -0.39 is 5.60 Å². The van der Waals surface area contributed by atoms with E-state index in [9.17, 15) is 4.79 Å². The van der Waals surface area contributed by atoms with Gasteiger partial charge in [-0.05, 0) is 81.8 Å². The second-order valence-corrected chi connectivity index (χ2v) is 9.71. The number of likely N-dealkylation sites (tertiary alicyclic amines) is 1. The summed E-state index contributed by atoms with van der Waals surface area (Å²) >= 11 is 0. The normalized spacial score (nSPS) is 15.8. The van der Waals surface area contributed by atoms with Crippen LogP contribution in [-0.2, 0) is 9.53 Å². The molecule has 0 radical (unpaired) electrons. The molecule has 0 unspecified atom stereocenters. The summed E-state index contributed by atoms with van der Waals surface area (Å²) in [7, 11) is 0. The molecule has 5 heteroatoms. The van der Waals surface area contributed by atoms with Crippen LogP contribution in [0.4, 0.5) is 5.69 Å². The van der Waals surface area contributed by atoms with Gasteiger partial charge >= 0.3 is 0 Å². The molecule has 1 N–H and O–H groups in total. The Morgan fingerprint density at radius 3 is 2.10 bits per heavy atom. The summed E-state index contributed by atoms with van der Waals surface area (Å²) in [6.45, 7) is 15.1. The molecule has 0 aliphatic carbocycles. The third-order valence-electron chi connectivity index (χ3n) is 5.80. The van der Waals surface area contributed by atoms with Gasteiger partial charge in [-0.3, -0.25) is 9.69 Å². The molecule has 0 aromatic heterocycles. The number of nitrogens with one attached hydrogen (secondary N) is 1. The Hall–Kier alpha value is -1.59. The summed E-state index contributed by atoms with van der Waals surface area (Å²) in [6, 6.07) is 7.71. The molecule has 1 heterocycles. The van der Waals surface area contributed by atoms with Crippen molar-refractivity contribution in [3.63, 3.8) is 0 Å². The van der Waals surface area contributed by atoms with Crippen LogP contribution in [0.3, 0.4) is 0 Å². The van der Waals surface area contributed by atoms with Gasteiger partial charge in [0, 0.05) is 18.8 Å². The summed E-state index contributed by atoms with van der Waals surface area (Å²) in [4.78, 5) is 15.8. The van der Waals surface area contributed by atoms with E-state index in [0.717, 1.165) is 18.0 Å². The lowest BCUT2D eigenvalue weighted by atomic mass is 9.83. The average molecular weight is 433 g/mol. The number of rotatable bonds is 12. The zero-order valence-electron chi connectivity index (χ0n) is 20.4. The highest BCUT2D eigenvalue weighted by molar-refractivity contribution is 5.97. The van der Waals surface area contributed by atoms with Crippen LogP contribution in [0.5, 0.6) is 5.75 Å². The summed E-state index contributed by atoms with van der Waals surface area (Å²) in [5, 5.41) is 3.09. The minimum Gasteiger partial charge on any atom is -0.492 e. The molecule has 1 aromatic carbocycles. The van der Waals surface area contributed by atoms with Crippen LogP contribution >= 0.6 is 0 Å². The maximum absolute atomic E-state index is 13.3. The van der Waals surface area contributed by atoms with Crippen molar-refractivity contribution >= 4 is 11.6 Å². The maximum Gasteiger partial charge on any atom is 0.256 e. The largest absolute Gasteiger partial charge is 0.492 e. The molecule has 1 amide bonds. The van der Waals surface area contributed by atoms with Crippen LogP contribution < -0.4 is 10.1 Å². The van der Waals surface area contributed by atoms with Gasteiger partial charge in [0.15, 0.2) is 0 Å². The lowest BCUT2D eigenvalue weighted by Crippen LogP contribution is -2.47. The van der Waals surface area contributed by atoms with Crippen LogP contribution in [-0.4, -0.2) is 49.3 Å². The van der Waals surface area contributed by atoms with Gasteiger partial charge in [0.1, 0.15) is 18.0 Å². The fourth-order valence-electron chi connectivity index (χ4n) is 4.58. The molecule has 0 saturated carbocycles.